The van der Waals surface area contributed by atoms with Crippen molar-refractivity contribution in [2.45, 2.75) is 18.9 Å². The van der Waals surface area contributed by atoms with E-state index in [-0.39, 0.29) is 11.9 Å². The predicted molar refractivity (Wildman–Crippen MR) is 95.4 cm³/mol. The van der Waals surface area contributed by atoms with Crippen LogP contribution < -0.4 is 0 Å². The number of esters is 1. The van der Waals surface area contributed by atoms with Crippen LogP contribution in [0.2, 0.25) is 0 Å². The Labute approximate surface area is 143 Å². The summed E-state index contributed by atoms with van der Waals surface area (Å²) in [6, 6.07) is 13.6. The molecule has 0 N–H and O–H groups in total. The van der Waals surface area contributed by atoms with E-state index in [0.717, 1.165) is 16.5 Å². The van der Waals surface area contributed by atoms with Gasteiger partial charge in [-0.05, 0) is 31.0 Å². The first-order valence-corrected chi connectivity index (χ1v) is 8.81. The molecule has 0 radical (unpaired) electrons. The Bertz CT molecular complexity index is 946. The molecule has 0 bridgehead atoms. The molecule has 1 aliphatic rings. The quantitative estimate of drug-likeness (QED) is 0.667. The first-order chi connectivity index (χ1) is 11.7. The first-order valence-electron chi connectivity index (χ1n) is 7.99. The Kier molecular flexibility index (Phi) is 3.73. The van der Waals surface area contributed by atoms with Crippen molar-refractivity contribution >= 4 is 43.4 Å². The van der Waals surface area contributed by atoms with Gasteiger partial charge in [0.15, 0.2) is 0 Å². The number of methoxy groups -OCH3 is 1. The van der Waals surface area contributed by atoms with E-state index in [1.54, 1.807) is 16.2 Å². The van der Waals surface area contributed by atoms with Crippen LogP contribution >= 0.6 is 11.3 Å². The van der Waals surface area contributed by atoms with E-state index in [9.17, 15) is 9.59 Å². The number of hydrogen-bond donors (Lipinski definition) is 0. The number of likely N-dealkylation sites (tertiary alicyclic amines) is 1. The Morgan fingerprint density at radius 3 is 2.75 bits per heavy atom. The van der Waals surface area contributed by atoms with E-state index in [0.29, 0.717) is 18.5 Å². The van der Waals surface area contributed by atoms with Crippen LogP contribution in [0.4, 0.5) is 0 Å². The highest BCUT2D eigenvalue weighted by Gasteiger charge is 2.35. The zero-order chi connectivity index (χ0) is 16.7. The molecule has 0 spiro atoms. The smallest absolute Gasteiger partial charge is 0.328 e. The maximum absolute atomic E-state index is 12.9. The number of amides is 1. The molecule has 122 valence electrons. The molecule has 4 rings (SSSR count). The van der Waals surface area contributed by atoms with Crippen molar-refractivity contribution in [3.63, 3.8) is 0 Å². The Morgan fingerprint density at radius 1 is 1.12 bits per heavy atom. The van der Waals surface area contributed by atoms with Crippen LogP contribution in [0.15, 0.2) is 42.5 Å². The fraction of sp³-hybridized carbons (Fsp3) is 0.263. The van der Waals surface area contributed by atoms with Gasteiger partial charge in [0.2, 0.25) is 0 Å². The number of fused-ring (bicyclic) bond motifs is 3. The van der Waals surface area contributed by atoms with Crippen molar-refractivity contribution in [1.29, 1.82) is 0 Å². The zero-order valence-electron chi connectivity index (χ0n) is 13.3. The van der Waals surface area contributed by atoms with Gasteiger partial charge >= 0.3 is 5.97 Å². The minimum Gasteiger partial charge on any atom is -0.467 e. The number of rotatable bonds is 2. The minimum atomic E-state index is -0.458. The number of thiophene rings is 1. The monoisotopic (exact) mass is 339 g/mol. The summed E-state index contributed by atoms with van der Waals surface area (Å²) in [5.41, 5.74) is 0.629. The maximum atomic E-state index is 12.9. The van der Waals surface area contributed by atoms with Crippen molar-refractivity contribution in [2.24, 2.45) is 0 Å². The molecule has 5 heteroatoms. The molecule has 1 saturated heterocycles. The summed E-state index contributed by atoms with van der Waals surface area (Å²) in [5.74, 6) is -0.425. The Morgan fingerprint density at radius 2 is 1.92 bits per heavy atom. The number of ether oxygens (including phenoxy) is 1. The van der Waals surface area contributed by atoms with Crippen molar-refractivity contribution in [1.82, 2.24) is 4.90 Å². The normalized spacial score (nSPS) is 17.5. The van der Waals surface area contributed by atoms with Gasteiger partial charge in [0.25, 0.3) is 5.91 Å². The highest BCUT2D eigenvalue weighted by molar-refractivity contribution is 7.25. The third-order valence-corrected chi connectivity index (χ3v) is 5.75. The highest BCUT2D eigenvalue weighted by atomic mass is 32.1. The van der Waals surface area contributed by atoms with Gasteiger partial charge in [0.1, 0.15) is 6.04 Å². The van der Waals surface area contributed by atoms with Gasteiger partial charge in [0.05, 0.1) is 7.11 Å². The third-order valence-electron chi connectivity index (χ3n) is 4.61. The molecule has 24 heavy (non-hydrogen) atoms. The average molecular weight is 339 g/mol. The first kappa shape index (κ1) is 15.1. The molecule has 3 aromatic rings. The van der Waals surface area contributed by atoms with Crippen LogP contribution in [0.25, 0.3) is 20.2 Å². The largest absolute Gasteiger partial charge is 0.467 e. The van der Waals surface area contributed by atoms with E-state index >= 15 is 0 Å². The van der Waals surface area contributed by atoms with Crippen molar-refractivity contribution in [3.8, 4) is 0 Å². The molecule has 1 aliphatic heterocycles. The maximum Gasteiger partial charge on any atom is 0.328 e. The van der Waals surface area contributed by atoms with E-state index in [1.807, 2.05) is 30.3 Å². The van der Waals surface area contributed by atoms with Gasteiger partial charge < -0.3 is 9.64 Å². The fourth-order valence-corrected chi connectivity index (χ4v) is 4.56. The summed E-state index contributed by atoms with van der Waals surface area (Å²) >= 11 is 1.69. The molecule has 1 atom stereocenters. The number of hydrogen-bond acceptors (Lipinski definition) is 4. The molecule has 1 fully saturated rings. The molecular weight excluding hydrogens is 322 g/mol. The van der Waals surface area contributed by atoms with Crippen LogP contribution in [-0.4, -0.2) is 36.5 Å². The van der Waals surface area contributed by atoms with Gasteiger partial charge in [-0.3, -0.25) is 4.79 Å². The second kappa shape index (κ2) is 5.91. The predicted octanol–water partition coefficient (Wildman–Crippen LogP) is 3.83. The number of nitrogens with zero attached hydrogens (tertiary/aromatic N) is 1. The lowest BCUT2D eigenvalue weighted by molar-refractivity contribution is -0.145. The number of benzene rings is 2. The highest BCUT2D eigenvalue weighted by Crippen LogP contribution is 2.34. The number of carbonyl (C=O) groups is 2. The second-order valence-corrected chi connectivity index (χ2v) is 7.07. The van der Waals surface area contributed by atoms with Crippen LogP contribution in [-0.2, 0) is 9.53 Å². The zero-order valence-corrected chi connectivity index (χ0v) is 14.1. The van der Waals surface area contributed by atoms with Gasteiger partial charge in [-0.1, -0.05) is 24.3 Å². The summed E-state index contributed by atoms with van der Waals surface area (Å²) < 4.78 is 7.14. The van der Waals surface area contributed by atoms with E-state index in [4.69, 9.17) is 4.74 Å². The van der Waals surface area contributed by atoms with E-state index in [1.165, 1.54) is 17.2 Å². The average Bonchev–Trinajstić information content (AvgIpc) is 3.24. The molecule has 0 saturated carbocycles. The van der Waals surface area contributed by atoms with Crippen molar-refractivity contribution in [3.05, 3.63) is 48.0 Å². The van der Waals surface area contributed by atoms with E-state index in [2.05, 4.69) is 12.1 Å². The Hall–Kier alpha value is -2.40. The molecule has 0 aliphatic carbocycles. The summed E-state index contributed by atoms with van der Waals surface area (Å²) in [7, 11) is 1.37. The second-order valence-electron chi connectivity index (χ2n) is 5.99. The molecule has 1 amide bonds. The van der Waals surface area contributed by atoms with Crippen LogP contribution in [0.5, 0.6) is 0 Å². The summed E-state index contributed by atoms with van der Waals surface area (Å²) in [4.78, 5) is 26.4. The van der Waals surface area contributed by atoms with Crippen molar-refractivity contribution < 1.29 is 14.3 Å². The lowest BCUT2D eigenvalue weighted by Gasteiger charge is -2.22. The lowest BCUT2D eigenvalue weighted by Crippen LogP contribution is -2.41. The number of carbonyl (C=O) groups excluding carboxylic acids is 2. The molecular formula is C19H17NO3S. The fourth-order valence-electron chi connectivity index (χ4n) is 3.42. The van der Waals surface area contributed by atoms with Crippen LogP contribution in [0.3, 0.4) is 0 Å². The molecule has 1 unspecified atom stereocenters. The minimum absolute atomic E-state index is 0.0951. The van der Waals surface area contributed by atoms with E-state index < -0.39 is 6.04 Å². The molecule has 4 nitrogen and oxygen atoms in total. The van der Waals surface area contributed by atoms with Gasteiger partial charge in [-0.2, -0.15) is 0 Å². The summed E-state index contributed by atoms with van der Waals surface area (Å²) in [6.07, 6.45) is 1.50. The van der Waals surface area contributed by atoms with Crippen molar-refractivity contribution in [2.75, 3.05) is 13.7 Å². The third kappa shape index (κ3) is 2.36. The van der Waals surface area contributed by atoms with Crippen LogP contribution in [0.1, 0.15) is 23.2 Å². The van der Waals surface area contributed by atoms with Gasteiger partial charge in [0, 0.05) is 32.3 Å². The molecule has 2 aromatic carbocycles. The van der Waals surface area contributed by atoms with Crippen LogP contribution in [0, 0.1) is 0 Å². The summed E-state index contributed by atoms with van der Waals surface area (Å²) in [5, 5.41) is 2.38. The topological polar surface area (TPSA) is 46.6 Å². The summed E-state index contributed by atoms with van der Waals surface area (Å²) in [6.45, 7) is 0.600. The Balaban J connectivity index is 1.72. The lowest BCUT2D eigenvalue weighted by atomic mass is 10.1. The molecule has 1 aromatic heterocycles. The SMILES string of the molecule is COC(=O)C1CCCN1C(=O)c1ccc2c(c1)sc1ccccc12. The molecule has 2 heterocycles. The van der Waals surface area contributed by atoms with Gasteiger partial charge in [-0.25, -0.2) is 4.79 Å². The standard InChI is InChI=1S/C19H17NO3S/c1-23-19(22)15-6-4-10-20(15)18(21)12-8-9-14-13-5-2-3-7-16(13)24-17(14)11-12/h2-3,5,7-9,11,15H,4,6,10H2,1H3. The van der Waals surface area contributed by atoms with Gasteiger partial charge in [-0.15, -0.1) is 11.3 Å².